The zero-order valence-corrected chi connectivity index (χ0v) is 9.86. The first kappa shape index (κ1) is 14.7. The standard InChI is InChI=1S/C10H20N2O4/c1-4-6(2)7(3)11-10(16)12-8(5-13)9(14)15/h6-8,13H,4-5H2,1-3H3,(H,14,15)(H2,11,12,16). The summed E-state index contributed by atoms with van der Waals surface area (Å²) < 4.78 is 0. The molecule has 3 unspecified atom stereocenters. The summed E-state index contributed by atoms with van der Waals surface area (Å²) >= 11 is 0. The second-order valence-corrected chi connectivity index (χ2v) is 3.87. The number of aliphatic hydroxyl groups is 1. The molecule has 0 saturated heterocycles. The van der Waals surface area contributed by atoms with Gasteiger partial charge in [0.1, 0.15) is 0 Å². The third kappa shape index (κ3) is 4.97. The summed E-state index contributed by atoms with van der Waals surface area (Å²) in [6.45, 7) is 5.23. The number of hydrogen-bond acceptors (Lipinski definition) is 3. The van der Waals surface area contributed by atoms with Gasteiger partial charge in [-0.3, -0.25) is 0 Å². The SMILES string of the molecule is CCC(C)C(C)NC(=O)NC(CO)C(=O)O. The van der Waals surface area contributed by atoms with Crippen LogP contribution in [0.3, 0.4) is 0 Å². The van der Waals surface area contributed by atoms with E-state index in [0.717, 1.165) is 6.42 Å². The average molecular weight is 232 g/mol. The molecule has 0 aliphatic rings. The maximum Gasteiger partial charge on any atom is 0.328 e. The number of carboxylic acids is 1. The van der Waals surface area contributed by atoms with Crippen LogP contribution in [0.25, 0.3) is 0 Å². The van der Waals surface area contributed by atoms with Gasteiger partial charge in [-0.1, -0.05) is 20.3 Å². The monoisotopic (exact) mass is 232 g/mol. The summed E-state index contributed by atoms with van der Waals surface area (Å²) in [4.78, 5) is 21.9. The van der Waals surface area contributed by atoms with Crippen LogP contribution >= 0.6 is 0 Å². The molecule has 0 rings (SSSR count). The van der Waals surface area contributed by atoms with E-state index in [4.69, 9.17) is 10.2 Å². The second kappa shape index (κ2) is 7.05. The maximum absolute atomic E-state index is 11.4. The zero-order valence-electron chi connectivity index (χ0n) is 9.86. The first-order valence-electron chi connectivity index (χ1n) is 5.33. The number of aliphatic hydroxyl groups excluding tert-OH is 1. The number of hydrogen-bond donors (Lipinski definition) is 4. The van der Waals surface area contributed by atoms with Gasteiger partial charge in [0.2, 0.25) is 0 Å². The van der Waals surface area contributed by atoms with Crippen LogP contribution in [-0.2, 0) is 4.79 Å². The molecule has 3 atom stereocenters. The molecule has 0 aliphatic heterocycles. The summed E-state index contributed by atoms with van der Waals surface area (Å²) in [6, 6.07) is -1.88. The van der Waals surface area contributed by atoms with Crippen molar-refractivity contribution in [1.29, 1.82) is 0 Å². The van der Waals surface area contributed by atoms with E-state index in [0.29, 0.717) is 5.92 Å². The van der Waals surface area contributed by atoms with Crippen molar-refractivity contribution >= 4 is 12.0 Å². The van der Waals surface area contributed by atoms with E-state index in [-0.39, 0.29) is 6.04 Å². The number of carboxylic acid groups (broad SMARTS) is 1. The summed E-state index contributed by atoms with van der Waals surface area (Å²) in [5.74, 6) is -0.947. The molecule has 16 heavy (non-hydrogen) atoms. The highest BCUT2D eigenvalue weighted by atomic mass is 16.4. The van der Waals surface area contributed by atoms with Crippen molar-refractivity contribution in [3.63, 3.8) is 0 Å². The molecular weight excluding hydrogens is 212 g/mol. The molecule has 0 saturated carbocycles. The number of carbonyl (C=O) groups excluding carboxylic acids is 1. The molecule has 4 N–H and O–H groups in total. The summed E-state index contributed by atoms with van der Waals surface area (Å²) in [5, 5.41) is 22.1. The fourth-order valence-electron chi connectivity index (χ4n) is 1.09. The van der Waals surface area contributed by atoms with Gasteiger partial charge in [-0.25, -0.2) is 9.59 Å². The lowest BCUT2D eigenvalue weighted by Crippen LogP contribution is -2.51. The van der Waals surface area contributed by atoms with Gasteiger partial charge in [0.25, 0.3) is 0 Å². The first-order chi connectivity index (χ1) is 7.42. The van der Waals surface area contributed by atoms with Gasteiger partial charge < -0.3 is 20.8 Å². The Balaban J connectivity index is 4.12. The summed E-state index contributed by atoms with van der Waals surface area (Å²) in [5.41, 5.74) is 0. The van der Waals surface area contributed by atoms with E-state index in [2.05, 4.69) is 10.6 Å². The van der Waals surface area contributed by atoms with Crippen LogP contribution in [0.1, 0.15) is 27.2 Å². The van der Waals surface area contributed by atoms with Crippen LogP contribution in [-0.4, -0.2) is 40.9 Å². The van der Waals surface area contributed by atoms with Crippen molar-refractivity contribution in [2.24, 2.45) is 5.92 Å². The van der Waals surface area contributed by atoms with Crippen molar-refractivity contribution in [2.45, 2.75) is 39.3 Å². The van der Waals surface area contributed by atoms with Gasteiger partial charge >= 0.3 is 12.0 Å². The maximum atomic E-state index is 11.4. The Bertz CT molecular complexity index is 245. The fourth-order valence-corrected chi connectivity index (χ4v) is 1.09. The van der Waals surface area contributed by atoms with Gasteiger partial charge in [-0.2, -0.15) is 0 Å². The minimum absolute atomic E-state index is 0.0434. The van der Waals surface area contributed by atoms with E-state index < -0.39 is 24.6 Å². The fraction of sp³-hybridized carbons (Fsp3) is 0.800. The van der Waals surface area contributed by atoms with E-state index in [9.17, 15) is 9.59 Å². The van der Waals surface area contributed by atoms with Crippen molar-refractivity contribution in [3.05, 3.63) is 0 Å². The number of carbonyl (C=O) groups is 2. The normalized spacial score (nSPS) is 16.0. The molecule has 0 fully saturated rings. The summed E-state index contributed by atoms with van der Waals surface area (Å²) in [7, 11) is 0. The number of urea groups is 1. The molecule has 0 aromatic rings. The topological polar surface area (TPSA) is 98.7 Å². The molecule has 0 aliphatic carbocycles. The van der Waals surface area contributed by atoms with E-state index in [1.54, 1.807) is 0 Å². The molecule has 0 aromatic heterocycles. The van der Waals surface area contributed by atoms with Gasteiger partial charge in [-0.05, 0) is 12.8 Å². The molecule has 94 valence electrons. The van der Waals surface area contributed by atoms with Gasteiger partial charge in [0.05, 0.1) is 6.61 Å². The molecule has 2 amide bonds. The first-order valence-corrected chi connectivity index (χ1v) is 5.33. The zero-order chi connectivity index (χ0) is 12.7. The van der Waals surface area contributed by atoms with Crippen molar-refractivity contribution in [2.75, 3.05) is 6.61 Å². The third-order valence-corrected chi connectivity index (χ3v) is 2.64. The molecule has 6 heteroatoms. The predicted molar refractivity (Wildman–Crippen MR) is 59.1 cm³/mol. The van der Waals surface area contributed by atoms with Crippen LogP contribution in [0, 0.1) is 5.92 Å². The highest BCUT2D eigenvalue weighted by Crippen LogP contribution is 2.06. The molecular formula is C10H20N2O4. The molecule has 0 heterocycles. The lowest BCUT2D eigenvalue weighted by atomic mass is 10.0. The van der Waals surface area contributed by atoms with Crippen molar-refractivity contribution < 1.29 is 19.8 Å². The molecule has 0 bridgehead atoms. The molecule has 0 spiro atoms. The highest BCUT2D eigenvalue weighted by molar-refractivity contribution is 5.82. The Kier molecular flexibility index (Phi) is 6.48. The molecule has 6 nitrogen and oxygen atoms in total. The molecule has 0 aromatic carbocycles. The Labute approximate surface area is 95.0 Å². The number of nitrogens with one attached hydrogen (secondary N) is 2. The van der Waals surface area contributed by atoms with Gasteiger partial charge in [0.15, 0.2) is 6.04 Å². The predicted octanol–water partition coefficient (Wildman–Crippen LogP) is 0.166. The highest BCUT2D eigenvalue weighted by Gasteiger charge is 2.20. The van der Waals surface area contributed by atoms with Crippen molar-refractivity contribution in [3.8, 4) is 0 Å². The largest absolute Gasteiger partial charge is 0.480 e. The molecule has 0 radical (unpaired) electrons. The van der Waals surface area contributed by atoms with E-state index in [1.165, 1.54) is 0 Å². The Morgan fingerprint density at radius 1 is 1.25 bits per heavy atom. The smallest absolute Gasteiger partial charge is 0.328 e. The van der Waals surface area contributed by atoms with Crippen LogP contribution < -0.4 is 10.6 Å². The van der Waals surface area contributed by atoms with Crippen LogP contribution in [0.2, 0.25) is 0 Å². The van der Waals surface area contributed by atoms with Gasteiger partial charge in [-0.15, -0.1) is 0 Å². The Morgan fingerprint density at radius 2 is 1.81 bits per heavy atom. The van der Waals surface area contributed by atoms with Crippen LogP contribution in [0.15, 0.2) is 0 Å². The lowest BCUT2D eigenvalue weighted by Gasteiger charge is -2.21. The van der Waals surface area contributed by atoms with E-state index >= 15 is 0 Å². The minimum atomic E-state index is -1.26. The quantitative estimate of drug-likeness (QED) is 0.524. The minimum Gasteiger partial charge on any atom is -0.480 e. The third-order valence-electron chi connectivity index (χ3n) is 2.64. The second-order valence-electron chi connectivity index (χ2n) is 3.87. The van der Waals surface area contributed by atoms with Gasteiger partial charge in [0, 0.05) is 6.04 Å². The van der Waals surface area contributed by atoms with Crippen LogP contribution in [0.4, 0.5) is 4.79 Å². The number of amides is 2. The summed E-state index contributed by atoms with van der Waals surface area (Å²) in [6.07, 6.45) is 0.920. The lowest BCUT2D eigenvalue weighted by molar-refractivity contribution is -0.140. The average Bonchev–Trinajstić information content (AvgIpc) is 2.23. The van der Waals surface area contributed by atoms with Crippen LogP contribution in [0.5, 0.6) is 0 Å². The number of rotatable bonds is 6. The Morgan fingerprint density at radius 3 is 2.19 bits per heavy atom. The Hall–Kier alpha value is -1.30. The number of aliphatic carboxylic acids is 1. The van der Waals surface area contributed by atoms with E-state index in [1.807, 2.05) is 20.8 Å². The van der Waals surface area contributed by atoms with Crippen molar-refractivity contribution in [1.82, 2.24) is 10.6 Å².